The van der Waals surface area contributed by atoms with Crippen LogP contribution in [-0.2, 0) is 13.1 Å². The van der Waals surface area contributed by atoms with Gasteiger partial charge in [-0.3, -0.25) is 9.89 Å². The molecule has 0 aromatic heterocycles. The van der Waals surface area contributed by atoms with Crippen LogP contribution >= 0.6 is 24.0 Å². The number of halogens is 1. The van der Waals surface area contributed by atoms with Gasteiger partial charge in [0, 0.05) is 39.3 Å². The maximum Gasteiger partial charge on any atom is 0.191 e. The summed E-state index contributed by atoms with van der Waals surface area (Å²) in [6, 6.07) is 9.20. The van der Waals surface area contributed by atoms with E-state index in [0.717, 1.165) is 45.0 Å². The van der Waals surface area contributed by atoms with Gasteiger partial charge in [-0.1, -0.05) is 24.3 Å². The van der Waals surface area contributed by atoms with E-state index in [0.29, 0.717) is 6.04 Å². The van der Waals surface area contributed by atoms with Crippen LogP contribution < -0.4 is 10.6 Å². The molecule has 1 aromatic carbocycles. The second-order valence-corrected chi connectivity index (χ2v) is 6.62. The second kappa shape index (κ2) is 9.58. The van der Waals surface area contributed by atoms with E-state index in [1.807, 2.05) is 7.05 Å². The lowest BCUT2D eigenvalue weighted by Crippen LogP contribution is -2.38. The first-order chi connectivity index (χ1) is 11.2. The Morgan fingerprint density at radius 1 is 1.17 bits per heavy atom. The molecule has 3 rings (SSSR count). The van der Waals surface area contributed by atoms with E-state index in [1.54, 1.807) is 0 Å². The number of hydrogen-bond acceptors (Lipinski definition) is 3. The molecule has 0 radical (unpaired) electrons. The standard InChI is InChI=1S/C18H28N4O.HI/c1-19-18(21-16-6-7-16)20-12-14-4-2-3-5-15(14)13-22-10-8-17(23)9-11-22;/h2-5,16-17,23H,6-13H2,1H3,(H2,19,20,21);1H. The number of aliphatic imine (C=N–C) groups is 1. The number of nitrogens with zero attached hydrogens (tertiary/aromatic N) is 2. The molecule has 0 bridgehead atoms. The fourth-order valence-corrected chi connectivity index (χ4v) is 3.00. The molecule has 134 valence electrons. The molecule has 1 saturated heterocycles. The Bertz CT molecular complexity index is 540. The summed E-state index contributed by atoms with van der Waals surface area (Å²) in [4.78, 5) is 6.73. The van der Waals surface area contributed by atoms with E-state index in [2.05, 4.69) is 44.8 Å². The average molecular weight is 444 g/mol. The highest BCUT2D eigenvalue weighted by molar-refractivity contribution is 14.0. The largest absolute Gasteiger partial charge is 0.393 e. The van der Waals surface area contributed by atoms with Gasteiger partial charge in [0.2, 0.25) is 0 Å². The Morgan fingerprint density at radius 3 is 2.46 bits per heavy atom. The first-order valence-electron chi connectivity index (χ1n) is 8.69. The van der Waals surface area contributed by atoms with Gasteiger partial charge in [0.15, 0.2) is 5.96 Å². The van der Waals surface area contributed by atoms with Crippen LogP contribution in [0.25, 0.3) is 0 Å². The van der Waals surface area contributed by atoms with Crippen molar-refractivity contribution in [2.45, 2.75) is 50.9 Å². The van der Waals surface area contributed by atoms with Gasteiger partial charge in [-0.15, -0.1) is 24.0 Å². The van der Waals surface area contributed by atoms with Crippen molar-refractivity contribution in [3.8, 4) is 0 Å². The molecule has 5 nitrogen and oxygen atoms in total. The van der Waals surface area contributed by atoms with Gasteiger partial charge in [0.1, 0.15) is 0 Å². The quantitative estimate of drug-likeness (QED) is 0.370. The highest BCUT2D eigenvalue weighted by Crippen LogP contribution is 2.19. The lowest BCUT2D eigenvalue weighted by atomic mass is 10.0. The van der Waals surface area contributed by atoms with Crippen molar-refractivity contribution in [3.05, 3.63) is 35.4 Å². The molecule has 0 amide bonds. The van der Waals surface area contributed by atoms with E-state index >= 15 is 0 Å². The first kappa shape index (κ1) is 19.5. The normalized spacial score (nSPS) is 19.7. The summed E-state index contributed by atoms with van der Waals surface area (Å²) < 4.78 is 0. The number of rotatable bonds is 5. The number of guanidine groups is 1. The maximum atomic E-state index is 9.64. The number of nitrogens with one attached hydrogen (secondary N) is 2. The molecular formula is C18H29IN4O. The smallest absolute Gasteiger partial charge is 0.191 e. The van der Waals surface area contributed by atoms with Crippen LogP contribution in [0.15, 0.2) is 29.3 Å². The minimum atomic E-state index is -0.111. The molecular weight excluding hydrogens is 415 g/mol. The fourth-order valence-electron chi connectivity index (χ4n) is 3.00. The summed E-state index contributed by atoms with van der Waals surface area (Å²) in [5.41, 5.74) is 2.68. The number of aliphatic hydroxyl groups excluding tert-OH is 1. The molecule has 0 atom stereocenters. The predicted molar refractivity (Wildman–Crippen MR) is 109 cm³/mol. The van der Waals surface area contributed by atoms with Crippen LogP contribution in [0.5, 0.6) is 0 Å². The number of benzene rings is 1. The SMILES string of the molecule is CN=C(NCc1ccccc1CN1CCC(O)CC1)NC1CC1.I. The minimum Gasteiger partial charge on any atom is -0.393 e. The van der Waals surface area contributed by atoms with Gasteiger partial charge in [0.05, 0.1) is 6.10 Å². The minimum absolute atomic E-state index is 0. The summed E-state index contributed by atoms with van der Waals surface area (Å²) in [6.45, 7) is 3.71. The lowest BCUT2D eigenvalue weighted by Gasteiger charge is -2.30. The van der Waals surface area contributed by atoms with Crippen LogP contribution in [0.3, 0.4) is 0 Å². The molecule has 0 spiro atoms. The monoisotopic (exact) mass is 444 g/mol. The summed E-state index contributed by atoms with van der Waals surface area (Å²) in [6.07, 6.45) is 4.16. The molecule has 1 aromatic rings. The van der Waals surface area contributed by atoms with Crippen molar-refractivity contribution in [1.82, 2.24) is 15.5 Å². The van der Waals surface area contributed by atoms with Crippen molar-refractivity contribution >= 4 is 29.9 Å². The summed E-state index contributed by atoms with van der Waals surface area (Å²) in [5, 5.41) is 16.5. The third kappa shape index (κ3) is 5.89. The van der Waals surface area contributed by atoms with Crippen molar-refractivity contribution in [2.75, 3.05) is 20.1 Å². The molecule has 0 unspecified atom stereocenters. The zero-order valence-corrected chi connectivity index (χ0v) is 16.7. The molecule has 1 aliphatic carbocycles. The van der Waals surface area contributed by atoms with Gasteiger partial charge < -0.3 is 15.7 Å². The van der Waals surface area contributed by atoms with Crippen LogP contribution in [0.1, 0.15) is 36.8 Å². The zero-order valence-electron chi connectivity index (χ0n) is 14.4. The summed E-state index contributed by atoms with van der Waals surface area (Å²) in [7, 11) is 1.82. The van der Waals surface area contributed by atoms with Gasteiger partial charge in [-0.05, 0) is 36.8 Å². The molecule has 1 saturated carbocycles. The Morgan fingerprint density at radius 2 is 1.83 bits per heavy atom. The predicted octanol–water partition coefficient (Wildman–Crippen LogP) is 2.09. The Hall–Kier alpha value is -0.860. The van der Waals surface area contributed by atoms with Crippen LogP contribution in [0.2, 0.25) is 0 Å². The number of piperidine rings is 1. The van der Waals surface area contributed by atoms with E-state index < -0.39 is 0 Å². The van der Waals surface area contributed by atoms with Crippen molar-refractivity contribution < 1.29 is 5.11 Å². The maximum absolute atomic E-state index is 9.64. The Kier molecular flexibility index (Phi) is 7.77. The third-order valence-corrected chi connectivity index (χ3v) is 4.66. The molecule has 1 aliphatic heterocycles. The van der Waals surface area contributed by atoms with E-state index in [4.69, 9.17) is 0 Å². The molecule has 6 heteroatoms. The van der Waals surface area contributed by atoms with Crippen molar-refractivity contribution in [3.63, 3.8) is 0 Å². The second-order valence-electron chi connectivity index (χ2n) is 6.62. The first-order valence-corrected chi connectivity index (χ1v) is 8.69. The highest BCUT2D eigenvalue weighted by atomic mass is 127. The van der Waals surface area contributed by atoms with Gasteiger partial charge in [-0.25, -0.2) is 0 Å². The molecule has 24 heavy (non-hydrogen) atoms. The van der Waals surface area contributed by atoms with E-state index in [-0.39, 0.29) is 30.1 Å². The zero-order chi connectivity index (χ0) is 16.1. The summed E-state index contributed by atoms with van der Waals surface area (Å²) in [5.74, 6) is 0.892. The van der Waals surface area contributed by atoms with Gasteiger partial charge >= 0.3 is 0 Å². The van der Waals surface area contributed by atoms with E-state index in [1.165, 1.54) is 24.0 Å². The molecule has 2 fully saturated rings. The van der Waals surface area contributed by atoms with Crippen molar-refractivity contribution in [1.29, 1.82) is 0 Å². The Labute approximate surface area is 161 Å². The lowest BCUT2D eigenvalue weighted by molar-refractivity contribution is 0.0791. The fraction of sp³-hybridized carbons (Fsp3) is 0.611. The number of aliphatic hydroxyl groups is 1. The van der Waals surface area contributed by atoms with Gasteiger partial charge in [0.25, 0.3) is 0 Å². The van der Waals surface area contributed by atoms with Crippen LogP contribution in [-0.4, -0.2) is 48.2 Å². The number of hydrogen-bond donors (Lipinski definition) is 3. The van der Waals surface area contributed by atoms with Crippen LogP contribution in [0, 0.1) is 0 Å². The van der Waals surface area contributed by atoms with Gasteiger partial charge in [-0.2, -0.15) is 0 Å². The molecule has 2 aliphatic rings. The summed E-state index contributed by atoms with van der Waals surface area (Å²) >= 11 is 0. The number of likely N-dealkylation sites (tertiary alicyclic amines) is 1. The highest BCUT2D eigenvalue weighted by Gasteiger charge is 2.22. The molecule has 1 heterocycles. The third-order valence-electron chi connectivity index (χ3n) is 4.66. The molecule has 3 N–H and O–H groups in total. The average Bonchev–Trinajstić information content (AvgIpc) is 3.39. The van der Waals surface area contributed by atoms with E-state index in [9.17, 15) is 5.11 Å². The topological polar surface area (TPSA) is 59.9 Å². The van der Waals surface area contributed by atoms with Crippen LogP contribution in [0.4, 0.5) is 0 Å². The Balaban J connectivity index is 0.00000208. The van der Waals surface area contributed by atoms with Crippen molar-refractivity contribution in [2.24, 2.45) is 4.99 Å².